The lowest BCUT2D eigenvalue weighted by molar-refractivity contribution is -0.123. The minimum absolute atomic E-state index is 0.332. The average Bonchev–Trinajstić information content (AvgIpc) is 2.25. The molecule has 0 saturated heterocycles. The van der Waals surface area contributed by atoms with Crippen LogP contribution in [-0.2, 0) is 11.3 Å². The van der Waals surface area contributed by atoms with Crippen molar-refractivity contribution >= 4 is 19.2 Å². The number of nitrogens with one attached hydrogen (secondary N) is 1. The summed E-state index contributed by atoms with van der Waals surface area (Å²) in [4.78, 5) is 11.2. The fourth-order valence-electron chi connectivity index (χ4n) is 1.53. The highest BCUT2D eigenvalue weighted by molar-refractivity contribution is 6.88. The fraction of sp³-hybridized carbons (Fsp3) is 0.500. The molecule has 0 aliphatic heterocycles. The van der Waals surface area contributed by atoms with E-state index in [-0.39, 0.29) is 5.91 Å². The molecule has 0 aliphatic carbocycles. The molecule has 0 radical (unpaired) electrons. The van der Waals surface area contributed by atoms with Crippen LogP contribution in [-0.4, -0.2) is 19.5 Å². The van der Waals surface area contributed by atoms with Crippen LogP contribution < -0.4 is 16.2 Å². The Kier molecular flexibility index (Phi) is 4.35. The van der Waals surface area contributed by atoms with Gasteiger partial charge in [0.2, 0.25) is 5.91 Å². The van der Waals surface area contributed by atoms with Gasteiger partial charge in [0.15, 0.2) is 0 Å². The Bertz CT molecular complexity index is 418. The number of rotatable bonds is 5. The lowest BCUT2D eigenvalue weighted by atomic mass is 10.0. The smallest absolute Gasteiger partial charge is 0.237 e. The normalized spacial score (nSPS) is 12.5. The van der Waals surface area contributed by atoms with E-state index >= 15 is 0 Å². The predicted molar refractivity (Wildman–Crippen MR) is 79.5 cm³/mol. The lowest BCUT2D eigenvalue weighted by Crippen LogP contribution is -2.50. The van der Waals surface area contributed by atoms with Crippen LogP contribution in [0.3, 0.4) is 0 Å². The Morgan fingerprint density at radius 2 is 1.72 bits per heavy atom. The van der Waals surface area contributed by atoms with E-state index in [2.05, 4.69) is 49.2 Å². The molecule has 3 N–H and O–H groups in total. The Balaban J connectivity index is 2.68. The molecule has 0 aromatic heterocycles. The molecule has 1 rings (SSSR count). The van der Waals surface area contributed by atoms with Gasteiger partial charge >= 0.3 is 0 Å². The largest absolute Gasteiger partial charge is 0.368 e. The van der Waals surface area contributed by atoms with Crippen LogP contribution in [0.5, 0.6) is 0 Å². The van der Waals surface area contributed by atoms with Gasteiger partial charge in [-0.3, -0.25) is 10.1 Å². The van der Waals surface area contributed by atoms with E-state index in [1.54, 1.807) is 13.8 Å². The molecule has 3 nitrogen and oxygen atoms in total. The van der Waals surface area contributed by atoms with Gasteiger partial charge in [0.25, 0.3) is 0 Å². The van der Waals surface area contributed by atoms with Crippen molar-refractivity contribution in [3.63, 3.8) is 0 Å². The van der Waals surface area contributed by atoms with Crippen LogP contribution in [0.25, 0.3) is 0 Å². The first kappa shape index (κ1) is 14.9. The van der Waals surface area contributed by atoms with Crippen molar-refractivity contribution in [2.75, 3.05) is 0 Å². The summed E-state index contributed by atoms with van der Waals surface area (Å²) in [5.41, 5.74) is 5.82. The van der Waals surface area contributed by atoms with Crippen LogP contribution in [0.4, 0.5) is 0 Å². The summed E-state index contributed by atoms with van der Waals surface area (Å²) in [6.07, 6.45) is 0. The first-order valence-electron chi connectivity index (χ1n) is 6.27. The molecule has 100 valence electrons. The fourth-order valence-corrected chi connectivity index (χ4v) is 2.70. The Labute approximate surface area is 111 Å². The van der Waals surface area contributed by atoms with Crippen molar-refractivity contribution in [3.8, 4) is 0 Å². The zero-order valence-corrected chi connectivity index (χ0v) is 13.0. The zero-order valence-electron chi connectivity index (χ0n) is 12.0. The second-order valence-electron chi connectivity index (χ2n) is 6.29. The van der Waals surface area contributed by atoms with E-state index in [0.29, 0.717) is 6.54 Å². The summed E-state index contributed by atoms with van der Waals surface area (Å²) >= 11 is 0. The topological polar surface area (TPSA) is 55.1 Å². The second-order valence-corrected chi connectivity index (χ2v) is 11.4. The summed E-state index contributed by atoms with van der Waals surface area (Å²) in [5.74, 6) is -0.332. The second kappa shape index (κ2) is 5.24. The minimum atomic E-state index is -1.23. The maximum Gasteiger partial charge on any atom is 0.237 e. The van der Waals surface area contributed by atoms with E-state index in [4.69, 9.17) is 5.73 Å². The van der Waals surface area contributed by atoms with Gasteiger partial charge in [-0.05, 0) is 19.4 Å². The number of nitrogens with two attached hydrogens (primary N) is 1. The van der Waals surface area contributed by atoms with Gasteiger partial charge in [-0.15, -0.1) is 0 Å². The number of amides is 1. The maximum atomic E-state index is 11.2. The van der Waals surface area contributed by atoms with Crippen LogP contribution in [0.1, 0.15) is 19.4 Å². The molecule has 1 amide bonds. The Hall–Kier alpha value is -1.13. The van der Waals surface area contributed by atoms with Crippen molar-refractivity contribution in [2.24, 2.45) is 5.73 Å². The van der Waals surface area contributed by atoms with Gasteiger partial charge in [-0.1, -0.05) is 49.1 Å². The van der Waals surface area contributed by atoms with Crippen molar-refractivity contribution in [3.05, 3.63) is 29.8 Å². The quantitative estimate of drug-likeness (QED) is 0.794. The van der Waals surface area contributed by atoms with Crippen molar-refractivity contribution < 1.29 is 4.79 Å². The number of primary amides is 1. The van der Waals surface area contributed by atoms with E-state index < -0.39 is 13.6 Å². The number of carbonyl (C=O) groups is 1. The Morgan fingerprint density at radius 1 is 1.22 bits per heavy atom. The molecule has 18 heavy (non-hydrogen) atoms. The highest BCUT2D eigenvalue weighted by Crippen LogP contribution is 2.07. The third kappa shape index (κ3) is 3.96. The van der Waals surface area contributed by atoms with Gasteiger partial charge < -0.3 is 5.73 Å². The molecular formula is C14H24N2OSi. The van der Waals surface area contributed by atoms with Crippen molar-refractivity contribution in [1.29, 1.82) is 0 Å². The SMILES string of the molecule is CC(C)(NCc1ccc([Si](C)(C)C)cc1)C(N)=O. The molecule has 4 heteroatoms. The van der Waals surface area contributed by atoms with E-state index in [1.165, 1.54) is 10.8 Å². The van der Waals surface area contributed by atoms with Gasteiger partial charge in [0.05, 0.1) is 13.6 Å². The Morgan fingerprint density at radius 3 is 2.11 bits per heavy atom. The first-order chi connectivity index (χ1) is 8.13. The third-order valence-corrected chi connectivity index (χ3v) is 5.24. The van der Waals surface area contributed by atoms with Gasteiger partial charge in [0.1, 0.15) is 0 Å². The number of benzene rings is 1. The molecule has 1 aromatic rings. The van der Waals surface area contributed by atoms with Gasteiger partial charge in [0, 0.05) is 6.54 Å². The predicted octanol–water partition coefficient (Wildman–Crippen LogP) is 1.59. The number of hydrogen-bond donors (Lipinski definition) is 2. The summed E-state index contributed by atoms with van der Waals surface area (Å²) in [7, 11) is -1.23. The highest BCUT2D eigenvalue weighted by atomic mass is 28.3. The highest BCUT2D eigenvalue weighted by Gasteiger charge is 2.23. The maximum absolute atomic E-state index is 11.2. The lowest BCUT2D eigenvalue weighted by Gasteiger charge is -2.23. The van der Waals surface area contributed by atoms with Gasteiger partial charge in [-0.2, -0.15) is 0 Å². The molecular weight excluding hydrogens is 240 g/mol. The average molecular weight is 264 g/mol. The monoisotopic (exact) mass is 264 g/mol. The van der Waals surface area contributed by atoms with E-state index in [0.717, 1.165) is 0 Å². The molecule has 0 heterocycles. The molecule has 0 atom stereocenters. The zero-order chi connectivity index (χ0) is 14.0. The summed E-state index contributed by atoms with van der Waals surface area (Å²) in [6.45, 7) is 11.2. The number of carbonyl (C=O) groups excluding carboxylic acids is 1. The summed E-state index contributed by atoms with van der Waals surface area (Å²) in [5, 5.41) is 4.61. The van der Waals surface area contributed by atoms with Crippen LogP contribution in [0.15, 0.2) is 24.3 Å². The minimum Gasteiger partial charge on any atom is -0.368 e. The molecule has 0 unspecified atom stereocenters. The molecule has 0 spiro atoms. The molecule has 0 aliphatic rings. The molecule has 1 aromatic carbocycles. The van der Waals surface area contributed by atoms with Gasteiger partial charge in [-0.25, -0.2) is 0 Å². The van der Waals surface area contributed by atoms with E-state index in [9.17, 15) is 4.79 Å². The van der Waals surface area contributed by atoms with Crippen LogP contribution in [0, 0.1) is 0 Å². The number of hydrogen-bond acceptors (Lipinski definition) is 2. The molecule has 0 bridgehead atoms. The summed E-state index contributed by atoms with van der Waals surface area (Å²) in [6, 6.07) is 8.64. The molecule has 0 fully saturated rings. The van der Waals surface area contributed by atoms with Crippen LogP contribution in [0.2, 0.25) is 19.6 Å². The summed E-state index contributed by atoms with van der Waals surface area (Å²) < 4.78 is 0. The van der Waals surface area contributed by atoms with Crippen molar-refractivity contribution in [2.45, 2.75) is 45.6 Å². The van der Waals surface area contributed by atoms with E-state index in [1.807, 2.05) is 0 Å². The van der Waals surface area contributed by atoms with Crippen LogP contribution >= 0.6 is 0 Å². The molecule has 0 saturated carbocycles. The standard InChI is InChI=1S/C14H24N2OSi/c1-14(2,13(15)17)16-10-11-6-8-12(9-7-11)18(3,4)5/h6-9,16H,10H2,1-5H3,(H2,15,17). The third-order valence-electron chi connectivity index (χ3n) is 3.17. The van der Waals surface area contributed by atoms with Crippen molar-refractivity contribution in [1.82, 2.24) is 5.32 Å². The first-order valence-corrected chi connectivity index (χ1v) is 9.77.